The molecule has 176 valence electrons. The van der Waals surface area contributed by atoms with Crippen LogP contribution in [0.2, 0.25) is 10.0 Å². The molecule has 4 rings (SSSR count). The fraction of sp³-hybridized carbons (Fsp3) is 0.0909. The molecule has 6 nitrogen and oxygen atoms in total. The molecule has 3 aromatic rings. The van der Waals surface area contributed by atoms with Crippen molar-refractivity contribution in [2.45, 2.75) is 20.5 Å². The quantitative estimate of drug-likeness (QED) is 0.380. The highest BCUT2D eigenvalue weighted by Crippen LogP contribution is 2.32. The van der Waals surface area contributed by atoms with E-state index in [4.69, 9.17) is 46.4 Å². The standard InChI is InChI=1S/C22H14Cl4N2O4S2/c23-13-5-9-15(10-6-13)33(29,30)27-21-17-3-1-2-4-18(17)22(20(26)19(21)25)28-34(31,32)16-11-7-14(24)8-12-16/h1-12,19-20H. The minimum Gasteiger partial charge on any atom is -0.199 e. The second kappa shape index (κ2) is 9.60. The molecule has 0 bridgehead atoms. The summed E-state index contributed by atoms with van der Waals surface area (Å²) in [6, 6.07) is 17.5. The number of rotatable bonds is 4. The van der Waals surface area contributed by atoms with Crippen LogP contribution < -0.4 is 0 Å². The van der Waals surface area contributed by atoms with Crippen molar-refractivity contribution in [1.29, 1.82) is 0 Å². The maximum atomic E-state index is 12.9. The lowest BCUT2D eigenvalue weighted by Gasteiger charge is -2.28. The molecule has 0 N–H and O–H groups in total. The monoisotopic (exact) mass is 574 g/mol. The second-order valence-corrected chi connectivity index (χ2v) is 12.2. The number of hydrogen-bond donors (Lipinski definition) is 0. The molecule has 0 fully saturated rings. The van der Waals surface area contributed by atoms with Crippen LogP contribution >= 0.6 is 46.4 Å². The van der Waals surface area contributed by atoms with E-state index in [1.54, 1.807) is 24.3 Å². The molecular weight excluding hydrogens is 562 g/mol. The van der Waals surface area contributed by atoms with E-state index in [0.29, 0.717) is 21.2 Å². The van der Waals surface area contributed by atoms with E-state index in [1.165, 1.54) is 48.5 Å². The fourth-order valence-corrected chi connectivity index (χ4v) is 6.33. The summed E-state index contributed by atoms with van der Waals surface area (Å²) in [4.78, 5) is -0.164. The van der Waals surface area contributed by atoms with Gasteiger partial charge in [0.2, 0.25) is 0 Å². The maximum absolute atomic E-state index is 12.9. The molecule has 34 heavy (non-hydrogen) atoms. The molecule has 12 heteroatoms. The molecule has 0 radical (unpaired) electrons. The Balaban J connectivity index is 1.85. The lowest BCUT2D eigenvalue weighted by Crippen LogP contribution is -2.40. The number of sulfonamides is 2. The van der Waals surface area contributed by atoms with Crippen molar-refractivity contribution in [3.05, 3.63) is 94.0 Å². The zero-order valence-electron chi connectivity index (χ0n) is 16.9. The average molecular weight is 576 g/mol. The largest absolute Gasteiger partial charge is 0.282 e. The molecule has 0 amide bonds. The van der Waals surface area contributed by atoms with Crippen molar-refractivity contribution >= 4 is 77.9 Å². The summed E-state index contributed by atoms with van der Waals surface area (Å²) in [7, 11) is -8.32. The lowest BCUT2D eigenvalue weighted by atomic mass is 9.88. The fourth-order valence-electron chi connectivity index (χ4n) is 3.28. The summed E-state index contributed by atoms with van der Waals surface area (Å²) in [5, 5.41) is -1.63. The third-order valence-corrected chi connectivity index (χ3v) is 9.08. The second-order valence-electron chi connectivity index (χ2n) is 7.16. The van der Waals surface area contributed by atoms with Crippen molar-refractivity contribution in [3.8, 4) is 0 Å². The van der Waals surface area contributed by atoms with Gasteiger partial charge < -0.3 is 0 Å². The van der Waals surface area contributed by atoms with Gasteiger partial charge in [0.1, 0.15) is 0 Å². The minimum absolute atomic E-state index is 0.0185. The van der Waals surface area contributed by atoms with Gasteiger partial charge in [0.05, 0.1) is 32.0 Å². The van der Waals surface area contributed by atoms with Gasteiger partial charge >= 0.3 is 0 Å². The van der Waals surface area contributed by atoms with Crippen LogP contribution in [0.5, 0.6) is 0 Å². The van der Waals surface area contributed by atoms with E-state index < -0.39 is 30.8 Å². The first-order valence-electron chi connectivity index (χ1n) is 9.58. The summed E-state index contributed by atoms with van der Waals surface area (Å²) >= 11 is 24.7. The molecule has 2 unspecified atom stereocenters. The number of fused-ring (bicyclic) bond motifs is 1. The number of benzene rings is 3. The zero-order valence-corrected chi connectivity index (χ0v) is 21.6. The molecule has 0 saturated carbocycles. The predicted molar refractivity (Wildman–Crippen MR) is 136 cm³/mol. The molecule has 0 aromatic heterocycles. The van der Waals surface area contributed by atoms with Crippen LogP contribution in [-0.4, -0.2) is 39.0 Å². The Hall–Kier alpha value is -1.94. The van der Waals surface area contributed by atoms with Gasteiger partial charge in [0, 0.05) is 21.2 Å². The van der Waals surface area contributed by atoms with Crippen molar-refractivity contribution in [3.63, 3.8) is 0 Å². The summed E-state index contributed by atoms with van der Waals surface area (Å²) in [5.41, 5.74) is 0.578. The van der Waals surface area contributed by atoms with E-state index in [-0.39, 0.29) is 21.2 Å². The topological polar surface area (TPSA) is 93.0 Å². The van der Waals surface area contributed by atoms with Crippen LogP contribution in [0.25, 0.3) is 0 Å². The summed E-state index contributed by atoms with van der Waals surface area (Å²) < 4.78 is 59.6. The highest BCUT2D eigenvalue weighted by molar-refractivity contribution is 7.90. The Kier molecular flexibility index (Phi) is 7.11. The minimum atomic E-state index is -4.16. The van der Waals surface area contributed by atoms with E-state index in [9.17, 15) is 16.8 Å². The summed E-state index contributed by atoms with van der Waals surface area (Å²) in [6.45, 7) is 0. The summed E-state index contributed by atoms with van der Waals surface area (Å²) in [5.74, 6) is 0. The Morgan fingerprint density at radius 2 is 0.882 bits per heavy atom. The highest BCUT2D eigenvalue weighted by atomic mass is 35.5. The molecule has 0 aliphatic heterocycles. The van der Waals surface area contributed by atoms with Gasteiger partial charge in [0.15, 0.2) is 0 Å². The molecule has 0 spiro atoms. The van der Waals surface area contributed by atoms with Gasteiger partial charge in [-0.1, -0.05) is 47.5 Å². The highest BCUT2D eigenvalue weighted by Gasteiger charge is 2.38. The molecule has 0 saturated heterocycles. The number of hydrogen-bond acceptors (Lipinski definition) is 4. The van der Waals surface area contributed by atoms with Crippen molar-refractivity contribution in [1.82, 2.24) is 0 Å². The lowest BCUT2D eigenvalue weighted by molar-refractivity contribution is 0.596. The Bertz CT molecular complexity index is 1400. The predicted octanol–water partition coefficient (Wildman–Crippen LogP) is 5.58. The Labute approximate surface area is 217 Å². The van der Waals surface area contributed by atoms with Gasteiger partial charge in [-0.05, 0) is 48.5 Å². The Morgan fingerprint density at radius 1 is 0.559 bits per heavy atom. The van der Waals surface area contributed by atoms with Crippen LogP contribution in [0.4, 0.5) is 0 Å². The first-order chi connectivity index (χ1) is 16.0. The van der Waals surface area contributed by atoms with Crippen LogP contribution in [-0.2, 0) is 20.0 Å². The van der Waals surface area contributed by atoms with E-state index in [2.05, 4.69) is 8.80 Å². The third kappa shape index (κ3) is 5.03. The summed E-state index contributed by atoms with van der Waals surface area (Å²) in [6.07, 6.45) is 0. The van der Waals surface area contributed by atoms with E-state index in [0.717, 1.165) is 0 Å². The first kappa shape index (κ1) is 25.2. The SMILES string of the molecule is O=S(=O)(N=C1c2ccccc2C(=NS(=O)(=O)c2ccc(Cl)cc2)C(Cl)C1Cl)c1ccc(Cl)cc1. The first-order valence-corrected chi connectivity index (χ1v) is 14.1. The normalized spacial score (nSPS) is 20.9. The average Bonchev–Trinajstić information content (AvgIpc) is 2.80. The maximum Gasteiger partial charge on any atom is 0.282 e. The van der Waals surface area contributed by atoms with E-state index in [1.807, 2.05) is 0 Å². The van der Waals surface area contributed by atoms with Gasteiger partial charge in [-0.3, -0.25) is 0 Å². The van der Waals surface area contributed by atoms with Gasteiger partial charge in [0.25, 0.3) is 20.0 Å². The molecule has 3 aromatic carbocycles. The third-order valence-electron chi connectivity index (χ3n) is 4.92. The van der Waals surface area contributed by atoms with Gasteiger partial charge in [-0.2, -0.15) is 25.6 Å². The molecule has 1 aliphatic rings. The van der Waals surface area contributed by atoms with Crippen molar-refractivity contribution in [2.75, 3.05) is 0 Å². The zero-order chi connectivity index (χ0) is 24.7. The van der Waals surface area contributed by atoms with E-state index >= 15 is 0 Å². The van der Waals surface area contributed by atoms with Crippen LogP contribution in [0.15, 0.2) is 91.4 Å². The van der Waals surface area contributed by atoms with Crippen LogP contribution in [0.3, 0.4) is 0 Å². The smallest absolute Gasteiger partial charge is 0.199 e. The number of nitrogens with zero attached hydrogens (tertiary/aromatic N) is 2. The van der Waals surface area contributed by atoms with Crippen LogP contribution in [0, 0.1) is 0 Å². The van der Waals surface area contributed by atoms with Crippen molar-refractivity contribution < 1.29 is 16.8 Å². The van der Waals surface area contributed by atoms with Gasteiger partial charge in [-0.25, -0.2) is 0 Å². The Morgan fingerprint density at radius 3 is 1.21 bits per heavy atom. The number of halogens is 4. The van der Waals surface area contributed by atoms with Gasteiger partial charge in [-0.15, -0.1) is 23.2 Å². The molecule has 2 atom stereocenters. The van der Waals surface area contributed by atoms with Crippen molar-refractivity contribution in [2.24, 2.45) is 8.80 Å². The molecular formula is C22H14Cl4N2O4S2. The molecule has 0 heterocycles. The number of alkyl halides is 2. The molecule has 1 aliphatic carbocycles. The van der Waals surface area contributed by atoms with Crippen LogP contribution in [0.1, 0.15) is 11.1 Å².